The van der Waals surface area contributed by atoms with Crippen LogP contribution < -0.4 is 5.73 Å². The molecular weight excluding hydrogens is 454 g/mol. The summed E-state index contributed by atoms with van der Waals surface area (Å²) in [6.45, 7) is 2.13. The summed E-state index contributed by atoms with van der Waals surface area (Å²) in [6.07, 6.45) is 14.0. The van der Waals surface area contributed by atoms with E-state index in [4.69, 9.17) is 27.4 Å². The van der Waals surface area contributed by atoms with E-state index in [9.17, 15) is 15.0 Å². The van der Waals surface area contributed by atoms with Gasteiger partial charge >= 0.3 is 5.97 Å². The number of esters is 1. The van der Waals surface area contributed by atoms with Crippen LogP contribution in [-0.2, 0) is 14.3 Å². The van der Waals surface area contributed by atoms with Crippen molar-refractivity contribution in [2.24, 2.45) is 0 Å². The predicted octanol–water partition coefficient (Wildman–Crippen LogP) is 4.84. The van der Waals surface area contributed by atoms with Crippen LogP contribution in [0.15, 0.2) is 12.3 Å². The molecule has 194 valence electrons. The van der Waals surface area contributed by atoms with Crippen molar-refractivity contribution in [1.29, 1.82) is 0 Å². The first-order valence-electron chi connectivity index (χ1n) is 13.0. The lowest BCUT2D eigenvalue weighted by Gasteiger charge is -2.18. The predicted molar refractivity (Wildman–Crippen MR) is 135 cm³/mol. The van der Waals surface area contributed by atoms with Gasteiger partial charge in [-0.25, -0.2) is 4.98 Å². The van der Waals surface area contributed by atoms with Crippen molar-refractivity contribution < 1.29 is 24.5 Å². The fourth-order valence-electron chi connectivity index (χ4n) is 4.25. The number of anilines is 1. The second-order valence-electron chi connectivity index (χ2n) is 9.26. The number of rotatable bonds is 17. The van der Waals surface area contributed by atoms with E-state index < -0.39 is 24.5 Å². The van der Waals surface area contributed by atoms with Crippen LogP contribution in [-0.4, -0.2) is 50.7 Å². The van der Waals surface area contributed by atoms with Crippen LogP contribution in [0.25, 0.3) is 0 Å². The molecule has 0 radical (unpaired) electrons. The third kappa shape index (κ3) is 9.98. The fraction of sp³-hybridized carbons (Fsp3) is 0.800. The maximum atomic E-state index is 12.1. The Morgan fingerprint density at radius 1 is 1.03 bits per heavy atom. The molecule has 1 fully saturated rings. The van der Waals surface area contributed by atoms with Gasteiger partial charge in [0.25, 0.3) is 0 Å². The number of aromatic nitrogens is 2. The van der Waals surface area contributed by atoms with Gasteiger partial charge in [0.15, 0.2) is 6.23 Å². The van der Waals surface area contributed by atoms with Crippen molar-refractivity contribution in [3.63, 3.8) is 0 Å². The lowest BCUT2D eigenvalue weighted by atomic mass is 10.0. The zero-order chi connectivity index (χ0) is 24.8. The minimum atomic E-state index is -1.22. The molecule has 0 aliphatic carbocycles. The molecule has 9 heteroatoms. The van der Waals surface area contributed by atoms with Crippen LogP contribution in [0.5, 0.6) is 0 Å². The maximum absolute atomic E-state index is 12.1. The molecule has 1 aromatic rings. The molecule has 2 rings (SSSR count). The summed E-state index contributed by atoms with van der Waals surface area (Å²) in [5.41, 5.74) is 5.60. The molecule has 4 N–H and O–H groups in total. The Kier molecular flexibility index (Phi) is 13.7. The van der Waals surface area contributed by atoms with E-state index in [0.29, 0.717) is 6.42 Å². The number of ether oxygens (including phenoxy) is 2. The largest absolute Gasteiger partial charge is 0.463 e. The Morgan fingerprint density at radius 3 is 2.15 bits per heavy atom. The highest BCUT2D eigenvalue weighted by atomic mass is 32.1. The maximum Gasteiger partial charge on any atom is 0.305 e. The molecule has 0 amide bonds. The molecule has 1 aliphatic heterocycles. The molecular formula is C25H43N3O5S. The Hall–Kier alpha value is -1.55. The van der Waals surface area contributed by atoms with E-state index in [-0.39, 0.29) is 23.2 Å². The minimum absolute atomic E-state index is 0.123. The number of nitrogen functional groups attached to an aromatic ring is 1. The molecule has 0 bridgehead atoms. The van der Waals surface area contributed by atoms with Gasteiger partial charge in [0.2, 0.25) is 4.77 Å². The zero-order valence-electron chi connectivity index (χ0n) is 20.6. The lowest BCUT2D eigenvalue weighted by Crippen LogP contribution is -2.34. The number of aliphatic hydroxyl groups is 2. The quantitative estimate of drug-likeness (QED) is 0.159. The van der Waals surface area contributed by atoms with Crippen molar-refractivity contribution in [3.8, 4) is 0 Å². The third-order valence-corrected chi connectivity index (χ3v) is 6.66. The molecule has 1 saturated heterocycles. The number of carbonyl (C=O) groups excluding carboxylic acids is 1. The lowest BCUT2D eigenvalue weighted by molar-refractivity contribution is -0.150. The minimum Gasteiger partial charge on any atom is -0.463 e. The molecule has 2 heterocycles. The van der Waals surface area contributed by atoms with Crippen molar-refractivity contribution in [3.05, 3.63) is 17.0 Å². The highest BCUT2D eigenvalue weighted by molar-refractivity contribution is 7.71. The van der Waals surface area contributed by atoms with E-state index >= 15 is 0 Å². The number of unbranched alkanes of at least 4 members (excludes halogenated alkanes) is 12. The molecule has 0 spiro atoms. The summed E-state index contributed by atoms with van der Waals surface area (Å²) >= 11 is 5.15. The second-order valence-corrected chi connectivity index (χ2v) is 9.63. The number of nitrogens with two attached hydrogens (primary N) is 1. The van der Waals surface area contributed by atoms with Gasteiger partial charge in [0, 0.05) is 12.6 Å². The smallest absolute Gasteiger partial charge is 0.305 e. The highest BCUT2D eigenvalue weighted by Gasteiger charge is 2.44. The van der Waals surface area contributed by atoms with Gasteiger partial charge in [-0.1, -0.05) is 84.0 Å². The molecule has 0 aromatic carbocycles. The summed E-state index contributed by atoms with van der Waals surface area (Å²) in [6, 6.07) is 1.53. The summed E-state index contributed by atoms with van der Waals surface area (Å²) in [5, 5.41) is 20.6. The molecule has 34 heavy (non-hydrogen) atoms. The van der Waals surface area contributed by atoms with Crippen molar-refractivity contribution in [2.75, 3.05) is 12.3 Å². The molecule has 4 atom stereocenters. The van der Waals surface area contributed by atoms with Crippen LogP contribution in [0.1, 0.15) is 103 Å². The van der Waals surface area contributed by atoms with Gasteiger partial charge in [-0.3, -0.25) is 9.36 Å². The van der Waals surface area contributed by atoms with Crippen molar-refractivity contribution in [1.82, 2.24) is 9.55 Å². The summed E-state index contributed by atoms with van der Waals surface area (Å²) < 4.78 is 12.5. The van der Waals surface area contributed by atoms with Crippen LogP contribution in [0.2, 0.25) is 0 Å². The van der Waals surface area contributed by atoms with Crippen molar-refractivity contribution in [2.45, 2.75) is 121 Å². The van der Waals surface area contributed by atoms with E-state index in [1.807, 2.05) is 0 Å². The van der Waals surface area contributed by atoms with E-state index in [1.54, 1.807) is 6.20 Å². The number of aliphatic hydroxyl groups excluding tert-OH is 2. The molecule has 0 saturated carbocycles. The van der Waals surface area contributed by atoms with E-state index in [2.05, 4.69) is 11.9 Å². The van der Waals surface area contributed by atoms with Gasteiger partial charge < -0.3 is 25.4 Å². The number of hydrogen-bond acceptors (Lipinski definition) is 8. The first-order chi connectivity index (χ1) is 16.4. The standard InChI is InChI=1S/C25H43N3O5S/c1-2-3-4-5-6-7-8-9-10-11-12-13-14-15-21(29)32-18-19-22(30)23(31)24(33-19)28-17-16-20(26)27-25(28)34/h16-17,19,22-24,30-31H,2-15,18H2,1H3,(H2,26,27,34)/t19-,22-,23+,24-/m1/s1. The Morgan fingerprint density at radius 2 is 1.59 bits per heavy atom. The Labute approximate surface area is 208 Å². The summed E-state index contributed by atoms with van der Waals surface area (Å²) in [7, 11) is 0. The molecule has 1 aromatic heterocycles. The second kappa shape index (κ2) is 16.2. The SMILES string of the molecule is CCCCCCCCCCCCCCCC(=O)OC[C@H]1O[C@@H](n2ccc(N)nc2=S)[C@@H](O)[C@@H]1O. The van der Waals surface area contributed by atoms with Crippen LogP contribution in [0, 0.1) is 4.77 Å². The number of nitrogens with zero attached hydrogens (tertiary/aromatic N) is 2. The van der Waals surface area contributed by atoms with E-state index in [1.165, 1.54) is 74.8 Å². The average Bonchev–Trinajstić information content (AvgIpc) is 3.09. The topological polar surface area (TPSA) is 120 Å². The van der Waals surface area contributed by atoms with Gasteiger partial charge in [-0.15, -0.1) is 0 Å². The Balaban J connectivity index is 1.52. The first-order valence-corrected chi connectivity index (χ1v) is 13.4. The summed E-state index contributed by atoms with van der Waals surface area (Å²) in [4.78, 5) is 16.0. The van der Waals surface area contributed by atoms with Crippen LogP contribution in [0.3, 0.4) is 0 Å². The first kappa shape index (κ1) is 28.7. The molecule has 1 aliphatic rings. The zero-order valence-corrected chi connectivity index (χ0v) is 21.4. The molecule has 8 nitrogen and oxygen atoms in total. The molecule has 0 unspecified atom stereocenters. The highest BCUT2D eigenvalue weighted by Crippen LogP contribution is 2.30. The number of hydrogen-bond donors (Lipinski definition) is 3. The van der Waals surface area contributed by atoms with Crippen LogP contribution in [0.4, 0.5) is 5.82 Å². The third-order valence-electron chi connectivity index (χ3n) is 6.36. The van der Waals surface area contributed by atoms with Gasteiger partial charge in [0.1, 0.15) is 30.7 Å². The monoisotopic (exact) mass is 497 g/mol. The van der Waals surface area contributed by atoms with E-state index in [0.717, 1.165) is 19.3 Å². The van der Waals surface area contributed by atoms with Gasteiger partial charge in [0.05, 0.1) is 0 Å². The van der Waals surface area contributed by atoms with Crippen molar-refractivity contribution >= 4 is 24.0 Å². The normalized spacial score (nSPS) is 22.2. The Bertz CT molecular complexity index is 775. The number of carbonyl (C=O) groups is 1. The summed E-state index contributed by atoms with van der Waals surface area (Å²) in [5.74, 6) is -0.0597. The van der Waals surface area contributed by atoms with Crippen LogP contribution >= 0.6 is 12.2 Å². The van der Waals surface area contributed by atoms with Gasteiger partial charge in [-0.05, 0) is 24.7 Å². The average molecular weight is 498 g/mol. The fourth-order valence-corrected chi connectivity index (χ4v) is 4.52. The van der Waals surface area contributed by atoms with Gasteiger partial charge in [-0.2, -0.15) is 0 Å².